The van der Waals surface area contributed by atoms with Crippen molar-refractivity contribution in [2.24, 2.45) is 0 Å². The Kier molecular flexibility index (Phi) is 8.98. The maximum atomic E-state index is 9.82. The third-order valence-electron chi connectivity index (χ3n) is 0.328. The maximum Gasteiger partial charge on any atom is 1.00 e. The number of nitrogens with zero attached hydrogens (tertiary/aromatic N) is 1. The molecule has 7 heavy (non-hydrogen) atoms. The summed E-state index contributed by atoms with van der Waals surface area (Å²) in [6.45, 7) is 1.39. The molecule has 34 valence electrons. The van der Waals surface area contributed by atoms with E-state index >= 15 is 0 Å². The summed E-state index contributed by atoms with van der Waals surface area (Å²) in [4.78, 5) is 9.82. The number of carbonyl (C=O) groups excluding carboxylic acids is 1. The van der Waals surface area contributed by atoms with Gasteiger partial charge in [0.05, 0.1) is 12.5 Å². The van der Waals surface area contributed by atoms with Crippen molar-refractivity contribution in [2.45, 2.75) is 13.3 Å². The molecule has 0 spiro atoms. The molecule has 0 heterocycles. The van der Waals surface area contributed by atoms with E-state index in [0.717, 1.165) is 0 Å². The van der Waals surface area contributed by atoms with E-state index in [4.69, 9.17) is 5.26 Å². The van der Waals surface area contributed by atoms with Gasteiger partial charge in [0.15, 0.2) is 0 Å². The van der Waals surface area contributed by atoms with Gasteiger partial charge in [-0.2, -0.15) is 5.26 Å². The van der Waals surface area contributed by atoms with E-state index < -0.39 is 0 Å². The third kappa shape index (κ3) is 10.7. The van der Waals surface area contributed by atoms with Crippen LogP contribution in [-0.2, 0) is 4.79 Å². The van der Waals surface area contributed by atoms with Crippen molar-refractivity contribution < 1.29 is 35.8 Å². The van der Waals surface area contributed by atoms with Gasteiger partial charge in [-0.05, 0) is 6.92 Å². The Balaban J connectivity index is -0.000000125. The molecule has 0 saturated heterocycles. The van der Waals surface area contributed by atoms with E-state index in [2.05, 4.69) is 0 Å². The fourth-order valence-electron chi connectivity index (χ4n) is 0.111. The smallest absolute Gasteiger partial charge is 1.00 e. The van der Waals surface area contributed by atoms with Crippen molar-refractivity contribution in [3.05, 3.63) is 0 Å². The van der Waals surface area contributed by atoms with Crippen LogP contribution >= 0.6 is 0 Å². The Hall–Kier alpha value is 0.160. The summed E-state index contributed by atoms with van der Waals surface area (Å²) >= 11 is 0. The summed E-state index contributed by atoms with van der Waals surface area (Å²) in [5.41, 5.74) is 0. The van der Waals surface area contributed by atoms with E-state index in [1.54, 1.807) is 6.07 Å². The number of carbonyl (C=O) groups is 1. The molecule has 3 heteroatoms. The normalized spacial score (nSPS) is 5.71. The van der Waals surface area contributed by atoms with E-state index in [1.165, 1.54) is 6.92 Å². The first kappa shape index (κ1) is 10.2. The van der Waals surface area contributed by atoms with Gasteiger partial charge in [-0.1, -0.05) is 0 Å². The quantitative estimate of drug-likeness (QED) is 0.351. The Morgan fingerprint density at radius 3 is 2.43 bits per heavy atom. The first-order valence-corrected chi connectivity index (χ1v) is 1.63. The van der Waals surface area contributed by atoms with Crippen molar-refractivity contribution >= 4 is 5.78 Å². The molecule has 0 saturated carbocycles. The summed E-state index contributed by atoms with van der Waals surface area (Å²) < 4.78 is 0. The molecule has 0 aromatic carbocycles. The van der Waals surface area contributed by atoms with Crippen LogP contribution < -0.4 is 29.6 Å². The van der Waals surface area contributed by atoms with Gasteiger partial charge in [-0.25, -0.2) is 0 Å². The van der Waals surface area contributed by atoms with Gasteiger partial charge in [0.25, 0.3) is 0 Å². The molecular formula is C4H6NNaO. The molecule has 2 nitrogen and oxygen atoms in total. The minimum Gasteiger partial charge on any atom is -1.00 e. The summed E-state index contributed by atoms with van der Waals surface area (Å²) in [5.74, 6) is -0.0718. The zero-order valence-corrected chi connectivity index (χ0v) is 6.56. The minimum atomic E-state index is -0.0718. The van der Waals surface area contributed by atoms with E-state index in [-0.39, 0.29) is 43.2 Å². The number of ketones is 1. The number of rotatable bonds is 1. The summed E-state index contributed by atoms with van der Waals surface area (Å²) in [6, 6.07) is 1.72. The molecule has 0 bridgehead atoms. The molecular weight excluding hydrogens is 101 g/mol. The fourth-order valence-corrected chi connectivity index (χ4v) is 0.111. The van der Waals surface area contributed by atoms with Crippen LogP contribution in [0.25, 0.3) is 0 Å². The monoisotopic (exact) mass is 107 g/mol. The zero-order valence-electron chi connectivity index (χ0n) is 5.56. The molecule has 0 aliphatic rings. The number of hydrogen-bond acceptors (Lipinski definition) is 2. The Morgan fingerprint density at radius 2 is 2.43 bits per heavy atom. The van der Waals surface area contributed by atoms with Gasteiger partial charge < -0.3 is 1.43 Å². The molecule has 0 atom stereocenters. The first-order valence-electron chi connectivity index (χ1n) is 1.63. The summed E-state index contributed by atoms with van der Waals surface area (Å²) in [6.07, 6.45) is 0.0417. The van der Waals surface area contributed by atoms with Gasteiger partial charge in [0.1, 0.15) is 5.78 Å². The first-order chi connectivity index (χ1) is 2.77. The molecule has 0 aliphatic heterocycles. The second kappa shape index (κ2) is 6.16. The van der Waals surface area contributed by atoms with Gasteiger partial charge in [0, 0.05) is 0 Å². The van der Waals surface area contributed by atoms with Crippen LogP contribution in [0.15, 0.2) is 0 Å². The van der Waals surface area contributed by atoms with Crippen LogP contribution in [0.5, 0.6) is 0 Å². The van der Waals surface area contributed by atoms with E-state index in [0.29, 0.717) is 0 Å². The van der Waals surface area contributed by atoms with E-state index in [1.807, 2.05) is 0 Å². The maximum absolute atomic E-state index is 9.82. The van der Waals surface area contributed by atoms with Gasteiger partial charge in [-0.15, -0.1) is 0 Å². The van der Waals surface area contributed by atoms with Gasteiger partial charge in [0.2, 0.25) is 0 Å². The van der Waals surface area contributed by atoms with Crippen LogP contribution in [0.2, 0.25) is 0 Å². The van der Waals surface area contributed by atoms with Gasteiger partial charge in [-0.3, -0.25) is 4.79 Å². The van der Waals surface area contributed by atoms with Crippen molar-refractivity contribution in [1.82, 2.24) is 0 Å². The Labute approximate surface area is 66.3 Å². The molecule has 0 amide bonds. The molecule has 0 N–H and O–H groups in total. The molecule has 0 radical (unpaired) electrons. The second-order valence-electron chi connectivity index (χ2n) is 1.04. The SMILES string of the molecule is CC(=O)CC#N.[H-].[Na+]. The van der Waals surface area contributed by atoms with Crippen LogP contribution in [0.1, 0.15) is 14.8 Å². The van der Waals surface area contributed by atoms with Crippen molar-refractivity contribution in [2.75, 3.05) is 0 Å². The predicted molar refractivity (Wildman–Crippen MR) is 22.0 cm³/mol. The fraction of sp³-hybridized carbons (Fsp3) is 0.500. The average Bonchev–Trinajstić information content (AvgIpc) is 1.35. The van der Waals surface area contributed by atoms with E-state index in [9.17, 15) is 4.79 Å². The van der Waals surface area contributed by atoms with Crippen LogP contribution in [0.4, 0.5) is 0 Å². The molecule has 0 rings (SSSR count). The van der Waals surface area contributed by atoms with Crippen LogP contribution in [0.3, 0.4) is 0 Å². The molecule has 0 unspecified atom stereocenters. The standard InChI is InChI=1S/C4H5NO.Na.H/c1-4(6)2-3-5;;/h2H2,1H3;;/q;+1;-1. The topological polar surface area (TPSA) is 40.9 Å². The van der Waals surface area contributed by atoms with Crippen LogP contribution in [0, 0.1) is 11.3 Å². The second-order valence-corrected chi connectivity index (χ2v) is 1.04. The van der Waals surface area contributed by atoms with Crippen molar-refractivity contribution in [3.63, 3.8) is 0 Å². The summed E-state index contributed by atoms with van der Waals surface area (Å²) in [5, 5.41) is 7.77. The van der Waals surface area contributed by atoms with Crippen LogP contribution in [-0.4, -0.2) is 5.78 Å². The molecule has 0 aliphatic carbocycles. The van der Waals surface area contributed by atoms with Gasteiger partial charge >= 0.3 is 29.6 Å². The number of hydrogen-bond donors (Lipinski definition) is 0. The summed E-state index contributed by atoms with van der Waals surface area (Å²) in [7, 11) is 0. The number of nitriles is 1. The zero-order chi connectivity index (χ0) is 4.99. The molecule has 0 aromatic heterocycles. The molecule has 0 aromatic rings. The predicted octanol–water partition coefficient (Wildman–Crippen LogP) is -2.39. The average molecular weight is 107 g/mol. The third-order valence-corrected chi connectivity index (χ3v) is 0.328. The number of Topliss-reactive ketones (excluding diaryl/α,β-unsaturated/α-hetero) is 1. The molecule has 0 fully saturated rings. The Bertz CT molecular complexity index is 98.7. The minimum absolute atomic E-state index is 0. The van der Waals surface area contributed by atoms with Crippen molar-refractivity contribution in [1.29, 1.82) is 5.26 Å². The Morgan fingerprint density at radius 1 is 2.00 bits per heavy atom. The largest absolute Gasteiger partial charge is 1.00 e. The van der Waals surface area contributed by atoms with Crippen molar-refractivity contribution in [3.8, 4) is 6.07 Å².